The summed E-state index contributed by atoms with van der Waals surface area (Å²) < 4.78 is 0.978. The molecule has 1 heterocycles. The van der Waals surface area contributed by atoms with Crippen LogP contribution in [0.15, 0.2) is 39.6 Å². The highest BCUT2D eigenvalue weighted by Crippen LogP contribution is 2.16. The highest BCUT2D eigenvalue weighted by Gasteiger charge is 2.13. The molecule has 0 saturated carbocycles. The lowest BCUT2D eigenvalue weighted by atomic mass is 10.1. The number of rotatable bonds is 3. The number of aromatic amines is 1. The van der Waals surface area contributed by atoms with Crippen molar-refractivity contribution in [2.45, 2.75) is 19.9 Å². The van der Waals surface area contributed by atoms with Gasteiger partial charge < -0.3 is 10.3 Å². The molecule has 0 radical (unpaired) electrons. The summed E-state index contributed by atoms with van der Waals surface area (Å²) in [5.41, 5.74) is 0.761. The molecule has 0 aliphatic carbocycles. The van der Waals surface area contributed by atoms with Crippen LogP contribution in [0.25, 0.3) is 0 Å². The zero-order chi connectivity index (χ0) is 14.7. The largest absolute Gasteiger partial charge is 0.344 e. The van der Waals surface area contributed by atoms with Gasteiger partial charge in [0.05, 0.1) is 6.04 Å². The van der Waals surface area contributed by atoms with Crippen LogP contribution in [0.4, 0.5) is 0 Å². The van der Waals surface area contributed by atoms with Crippen molar-refractivity contribution in [2.24, 2.45) is 0 Å². The molecule has 1 amide bonds. The fourth-order valence-corrected chi connectivity index (χ4v) is 2.07. The molecule has 0 spiro atoms. The van der Waals surface area contributed by atoms with Gasteiger partial charge in [0.25, 0.3) is 11.5 Å². The van der Waals surface area contributed by atoms with Crippen molar-refractivity contribution >= 4 is 21.8 Å². The Bertz CT molecular complexity index is 680. The van der Waals surface area contributed by atoms with E-state index in [2.05, 4.69) is 31.2 Å². The smallest absolute Gasteiger partial charge is 0.270 e. The second-order valence-corrected chi connectivity index (χ2v) is 5.38. The molecule has 1 aromatic heterocycles. The van der Waals surface area contributed by atoms with Gasteiger partial charge in [-0.15, -0.1) is 0 Å². The SMILES string of the molecule is Cc1nc(C(=O)N[C@H](C)c2ccc(Br)cc2)cc(=O)[nH]1. The fraction of sp³-hybridized carbons (Fsp3) is 0.214. The number of benzene rings is 1. The quantitative estimate of drug-likeness (QED) is 0.903. The Morgan fingerprint density at radius 1 is 1.35 bits per heavy atom. The summed E-state index contributed by atoms with van der Waals surface area (Å²) in [6, 6.07) is 8.69. The van der Waals surface area contributed by atoms with Crippen molar-refractivity contribution in [3.63, 3.8) is 0 Å². The first-order valence-corrected chi connectivity index (χ1v) is 6.89. The molecular weight excluding hydrogens is 322 g/mol. The number of hydrogen-bond acceptors (Lipinski definition) is 3. The Labute approximate surface area is 124 Å². The van der Waals surface area contributed by atoms with Crippen molar-refractivity contribution in [1.82, 2.24) is 15.3 Å². The number of carbonyl (C=O) groups is 1. The van der Waals surface area contributed by atoms with E-state index in [4.69, 9.17) is 0 Å². The summed E-state index contributed by atoms with van der Waals surface area (Å²) in [6.45, 7) is 3.51. The van der Waals surface area contributed by atoms with E-state index in [0.717, 1.165) is 10.0 Å². The number of nitrogens with zero attached hydrogens (tertiary/aromatic N) is 1. The average molecular weight is 336 g/mol. The van der Waals surface area contributed by atoms with Gasteiger partial charge in [-0.05, 0) is 31.5 Å². The van der Waals surface area contributed by atoms with Crippen LogP contribution in [0.2, 0.25) is 0 Å². The summed E-state index contributed by atoms with van der Waals surface area (Å²) in [4.78, 5) is 29.9. The molecule has 0 fully saturated rings. The van der Waals surface area contributed by atoms with Gasteiger partial charge in [0.15, 0.2) is 0 Å². The number of halogens is 1. The lowest BCUT2D eigenvalue weighted by molar-refractivity contribution is 0.0934. The van der Waals surface area contributed by atoms with Gasteiger partial charge in [0.2, 0.25) is 0 Å². The average Bonchev–Trinajstić information content (AvgIpc) is 2.38. The van der Waals surface area contributed by atoms with Crippen molar-refractivity contribution in [1.29, 1.82) is 0 Å². The molecule has 104 valence electrons. The highest BCUT2D eigenvalue weighted by atomic mass is 79.9. The molecule has 1 atom stereocenters. The lowest BCUT2D eigenvalue weighted by Gasteiger charge is -2.14. The van der Waals surface area contributed by atoms with Gasteiger partial charge in [-0.25, -0.2) is 4.98 Å². The molecule has 2 rings (SSSR count). The van der Waals surface area contributed by atoms with Crippen LogP contribution in [0.3, 0.4) is 0 Å². The van der Waals surface area contributed by atoms with Crippen molar-refractivity contribution in [3.05, 3.63) is 62.2 Å². The third-order valence-electron chi connectivity index (χ3n) is 2.81. The maximum absolute atomic E-state index is 12.1. The third-order valence-corrected chi connectivity index (χ3v) is 3.34. The minimum absolute atomic E-state index is 0.121. The van der Waals surface area contributed by atoms with Crippen LogP contribution >= 0.6 is 15.9 Å². The number of hydrogen-bond donors (Lipinski definition) is 2. The lowest BCUT2D eigenvalue weighted by Crippen LogP contribution is -2.29. The first kappa shape index (κ1) is 14.5. The molecular formula is C14H14BrN3O2. The Morgan fingerprint density at radius 2 is 2.00 bits per heavy atom. The van der Waals surface area contributed by atoms with Crippen LogP contribution < -0.4 is 10.9 Å². The van der Waals surface area contributed by atoms with Gasteiger partial charge >= 0.3 is 0 Å². The summed E-state index contributed by atoms with van der Waals surface area (Å²) in [7, 11) is 0. The molecule has 0 bridgehead atoms. The van der Waals surface area contributed by atoms with Gasteiger partial charge in [0, 0.05) is 10.5 Å². The maximum Gasteiger partial charge on any atom is 0.270 e. The first-order chi connectivity index (χ1) is 9.45. The van der Waals surface area contributed by atoms with Gasteiger partial charge in [-0.3, -0.25) is 9.59 Å². The van der Waals surface area contributed by atoms with Crippen molar-refractivity contribution in [3.8, 4) is 0 Å². The first-order valence-electron chi connectivity index (χ1n) is 6.10. The predicted molar refractivity (Wildman–Crippen MR) is 79.6 cm³/mol. The minimum Gasteiger partial charge on any atom is -0.344 e. The number of aromatic nitrogens is 2. The van der Waals surface area contributed by atoms with E-state index >= 15 is 0 Å². The minimum atomic E-state index is -0.366. The summed E-state index contributed by atoms with van der Waals surface area (Å²) in [6.07, 6.45) is 0. The van der Waals surface area contributed by atoms with E-state index in [0.29, 0.717) is 5.82 Å². The van der Waals surface area contributed by atoms with E-state index in [1.165, 1.54) is 6.07 Å². The molecule has 20 heavy (non-hydrogen) atoms. The zero-order valence-electron chi connectivity index (χ0n) is 11.1. The Hall–Kier alpha value is -1.95. The Morgan fingerprint density at radius 3 is 2.60 bits per heavy atom. The monoisotopic (exact) mass is 335 g/mol. The van der Waals surface area contributed by atoms with E-state index in [-0.39, 0.29) is 23.2 Å². The van der Waals surface area contributed by atoms with Crippen LogP contribution in [0.1, 0.15) is 34.8 Å². The molecule has 6 heteroatoms. The van der Waals surface area contributed by atoms with Crippen molar-refractivity contribution < 1.29 is 4.79 Å². The number of H-pyrrole nitrogens is 1. The van der Waals surface area contributed by atoms with Crippen LogP contribution in [-0.4, -0.2) is 15.9 Å². The standard InChI is InChI=1S/C14H14BrN3O2/c1-8(10-3-5-11(15)6-4-10)16-14(20)12-7-13(19)18-9(2)17-12/h3-8H,1-2H3,(H,16,20)(H,17,18,19)/t8-/m1/s1. The molecule has 2 N–H and O–H groups in total. The fourth-order valence-electron chi connectivity index (χ4n) is 1.80. The highest BCUT2D eigenvalue weighted by molar-refractivity contribution is 9.10. The second-order valence-electron chi connectivity index (χ2n) is 4.46. The number of amides is 1. The third kappa shape index (κ3) is 3.54. The normalized spacial score (nSPS) is 11.9. The zero-order valence-corrected chi connectivity index (χ0v) is 12.7. The van der Waals surface area contributed by atoms with Crippen molar-refractivity contribution in [2.75, 3.05) is 0 Å². The molecule has 2 aromatic rings. The summed E-state index contributed by atoms with van der Waals surface area (Å²) >= 11 is 3.36. The molecule has 1 aromatic carbocycles. The molecule has 0 aliphatic rings. The van der Waals surface area contributed by atoms with E-state index < -0.39 is 0 Å². The number of aryl methyl sites for hydroxylation is 1. The van der Waals surface area contributed by atoms with E-state index in [9.17, 15) is 9.59 Å². The van der Waals surface area contributed by atoms with Gasteiger partial charge in [0.1, 0.15) is 11.5 Å². The molecule has 5 nitrogen and oxygen atoms in total. The second kappa shape index (κ2) is 6.00. The number of nitrogens with one attached hydrogen (secondary N) is 2. The molecule has 0 saturated heterocycles. The Kier molecular flexibility index (Phi) is 4.34. The molecule has 0 aliphatic heterocycles. The summed E-state index contributed by atoms with van der Waals surface area (Å²) in [5.74, 6) is 0.0496. The molecule has 0 unspecified atom stereocenters. The van der Waals surface area contributed by atoms with Crippen LogP contribution in [0, 0.1) is 6.92 Å². The summed E-state index contributed by atoms with van der Waals surface area (Å²) in [5, 5.41) is 2.82. The van der Waals surface area contributed by atoms with Gasteiger partial charge in [-0.2, -0.15) is 0 Å². The van der Waals surface area contributed by atoms with E-state index in [1.54, 1.807) is 6.92 Å². The van der Waals surface area contributed by atoms with E-state index in [1.807, 2.05) is 31.2 Å². The Balaban J connectivity index is 2.14. The topological polar surface area (TPSA) is 74.8 Å². The maximum atomic E-state index is 12.1. The van der Waals surface area contributed by atoms with Crippen LogP contribution in [0.5, 0.6) is 0 Å². The van der Waals surface area contributed by atoms with Gasteiger partial charge in [-0.1, -0.05) is 28.1 Å². The number of carbonyl (C=O) groups excluding carboxylic acids is 1. The van der Waals surface area contributed by atoms with Crippen LogP contribution in [-0.2, 0) is 0 Å². The predicted octanol–water partition coefficient (Wildman–Crippen LogP) is 2.33.